The first-order chi connectivity index (χ1) is 18.6. The first kappa shape index (κ1) is 27.6. The maximum Gasteiger partial charge on any atom is 0.248 e. The molecule has 3 fully saturated rings. The van der Waals surface area contributed by atoms with E-state index >= 15 is 0 Å². The monoisotopic (exact) mass is 538 g/mol. The molecule has 0 unspecified atom stereocenters. The van der Waals surface area contributed by atoms with Gasteiger partial charge in [-0.2, -0.15) is 0 Å². The van der Waals surface area contributed by atoms with Crippen molar-refractivity contribution in [2.45, 2.75) is 89.6 Å². The molecule has 2 N–H and O–H groups in total. The Labute approximate surface area is 230 Å². The van der Waals surface area contributed by atoms with Crippen LogP contribution in [0.2, 0.25) is 0 Å². The van der Waals surface area contributed by atoms with E-state index in [1.807, 2.05) is 51.2 Å². The Morgan fingerprint density at radius 3 is 2.46 bits per heavy atom. The number of likely N-dealkylation sites (tertiary alicyclic amines) is 2. The Bertz CT molecular complexity index is 1150. The predicted octanol–water partition coefficient (Wildman–Crippen LogP) is 2.49. The highest BCUT2D eigenvalue weighted by atomic mass is 16.5. The van der Waals surface area contributed by atoms with Crippen molar-refractivity contribution in [2.75, 3.05) is 26.7 Å². The first-order valence-electron chi connectivity index (χ1n) is 14.2. The van der Waals surface area contributed by atoms with Gasteiger partial charge in [0.2, 0.25) is 11.8 Å². The molecule has 3 heterocycles. The topological polar surface area (TPSA) is 113 Å². The summed E-state index contributed by atoms with van der Waals surface area (Å²) >= 11 is 0. The predicted molar refractivity (Wildman–Crippen MR) is 146 cm³/mol. The summed E-state index contributed by atoms with van der Waals surface area (Å²) in [5.41, 5.74) is 1.39. The molecule has 0 radical (unpaired) electrons. The number of ether oxygens (including phenoxy) is 1. The van der Waals surface area contributed by atoms with Crippen molar-refractivity contribution in [1.82, 2.24) is 30.1 Å². The van der Waals surface area contributed by atoms with Gasteiger partial charge in [0, 0.05) is 44.7 Å². The third-order valence-corrected chi connectivity index (χ3v) is 8.07. The number of β-amino-alcohol motifs (C(OH)–C–C–N with tert-alkyl or cyclic N) is 1. The van der Waals surface area contributed by atoms with Crippen molar-refractivity contribution >= 4 is 11.8 Å². The molecule has 2 saturated heterocycles. The second kappa shape index (κ2) is 11.3. The minimum atomic E-state index is -0.751. The number of benzene rings is 1. The van der Waals surface area contributed by atoms with E-state index < -0.39 is 23.6 Å². The molecule has 2 aliphatic heterocycles. The number of carbonyl (C=O) groups is 2. The summed E-state index contributed by atoms with van der Waals surface area (Å²) in [5.74, 6) is 0.774. The third kappa shape index (κ3) is 6.61. The molecule has 1 aromatic carbocycles. The van der Waals surface area contributed by atoms with Crippen molar-refractivity contribution in [3.63, 3.8) is 0 Å². The molecule has 0 bridgehead atoms. The van der Waals surface area contributed by atoms with Gasteiger partial charge in [-0.1, -0.05) is 38.1 Å². The lowest BCUT2D eigenvalue weighted by Crippen LogP contribution is -2.50. The largest absolute Gasteiger partial charge is 0.490 e. The normalized spacial score (nSPS) is 23.6. The number of aliphatic hydroxyl groups is 1. The van der Waals surface area contributed by atoms with Gasteiger partial charge in [0.25, 0.3) is 0 Å². The number of aromatic nitrogens is 3. The molecular formula is C29H42N6O4. The SMILES string of the molecule is CN1CCC(Oc2ccc(CNC(=O)[C@@H]3C[C@@H](O)CN3C(=O)[C@@H](n3cc(C4CC4)nn3)C(C)(C)C)cc2)CC1. The van der Waals surface area contributed by atoms with E-state index in [4.69, 9.17) is 4.74 Å². The van der Waals surface area contributed by atoms with E-state index in [9.17, 15) is 14.7 Å². The lowest BCUT2D eigenvalue weighted by molar-refractivity contribution is -0.144. The van der Waals surface area contributed by atoms with Gasteiger partial charge in [-0.3, -0.25) is 9.59 Å². The molecule has 212 valence electrons. The van der Waals surface area contributed by atoms with Crippen molar-refractivity contribution in [1.29, 1.82) is 0 Å². The molecule has 5 rings (SSSR count). The zero-order chi connectivity index (χ0) is 27.7. The molecule has 10 nitrogen and oxygen atoms in total. The van der Waals surface area contributed by atoms with Gasteiger partial charge in [0.15, 0.2) is 0 Å². The van der Waals surface area contributed by atoms with Crippen LogP contribution < -0.4 is 10.1 Å². The lowest BCUT2D eigenvalue weighted by Gasteiger charge is -2.34. The van der Waals surface area contributed by atoms with Gasteiger partial charge in [-0.25, -0.2) is 4.68 Å². The van der Waals surface area contributed by atoms with Gasteiger partial charge in [-0.05, 0) is 55.8 Å². The highest BCUT2D eigenvalue weighted by Crippen LogP contribution is 2.40. The number of hydrogen-bond acceptors (Lipinski definition) is 7. The number of piperidine rings is 1. The number of amides is 2. The van der Waals surface area contributed by atoms with E-state index in [1.54, 1.807) is 4.68 Å². The van der Waals surface area contributed by atoms with Crippen molar-refractivity contribution < 1.29 is 19.4 Å². The Kier molecular flexibility index (Phi) is 7.96. The summed E-state index contributed by atoms with van der Waals surface area (Å²) in [7, 11) is 2.13. The summed E-state index contributed by atoms with van der Waals surface area (Å²) in [6, 6.07) is 6.42. The standard InChI is InChI=1S/C29H42N6O4/c1-29(2,3)26(35-18-24(31-32-35)20-7-8-20)28(38)34-17-21(36)15-25(34)27(37)30-16-19-5-9-22(10-6-19)39-23-11-13-33(4)14-12-23/h5-6,9-10,18,20-21,23,25-26,36H,7-8,11-17H2,1-4H3,(H,30,37)/t21-,25+,26-/m1/s1. The number of carbonyl (C=O) groups excluding carboxylic acids is 2. The van der Waals surface area contributed by atoms with E-state index in [2.05, 4.69) is 27.6 Å². The third-order valence-electron chi connectivity index (χ3n) is 8.07. The first-order valence-corrected chi connectivity index (χ1v) is 14.2. The molecule has 2 amide bonds. The van der Waals surface area contributed by atoms with Crippen LogP contribution in [-0.4, -0.2) is 86.6 Å². The number of nitrogens with zero attached hydrogens (tertiary/aromatic N) is 5. The van der Waals surface area contributed by atoms with Crippen molar-refractivity contribution in [3.05, 3.63) is 41.7 Å². The molecule has 3 atom stereocenters. The minimum Gasteiger partial charge on any atom is -0.490 e. The summed E-state index contributed by atoms with van der Waals surface area (Å²) in [6.45, 7) is 8.48. The van der Waals surface area contributed by atoms with Crippen molar-refractivity contribution in [3.8, 4) is 5.75 Å². The van der Waals surface area contributed by atoms with Gasteiger partial charge >= 0.3 is 0 Å². The van der Waals surface area contributed by atoms with Crippen LogP contribution in [0.1, 0.15) is 76.1 Å². The maximum absolute atomic E-state index is 13.9. The smallest absolute Gasteiger partial charge is 0.248 e. The highest BCUT2D eigenvalue weighted by Gasteiger charge is 2.45. The molecule has 2 aromatic rings. The summed E-state index contributed by atoms with van der Waals surface area (Å²) in [6.07, 6.45) is 5.80. The molecule has 0 spiro atoms. The number of nitrogens with one attached hydrogen (secondary N) is 1. The second-order valence-electron chi connectivity index (χ2n) is 12.5. The maximum atomic E-state index is 13.9. The van der Waals surface area contributed by atoms with Gasteiger partial charge in [-0.15, -0.1) is 5.10 Å². The molecule has 1 saturated carbocycles. The number of rotatable bonds is 8. The Morgan fingerprint density at radius 1 is 1.13 bits per heavy atom. The van der Waals surface area contributed by atoms with Gasteiger partial charge < -0.3 is 25.0 Å². The van der Waals surface area contributed by atoms with Crippen LogP contribution in [0.25, 0.3) is 0 Å². The molecule has 3 aliphatic rings. The minimum absolute atomic E-state index is 0.122. The number of aliphatic hydroxyl groups excluding tert-OH is 1. The van der Waals surface area contributed by atoms with Crippen LogP contribution >= 0.6 is 0 Å². The molecular weight excluding hydrogens is 496 g/mol. The van der Waals surface area contributed by atoms with E-state index in [0.717, 1.165) is 55.8 Å². The molecule has 39 heavy (non-hydrogen) atoms. The summed E-state index contributed by atoms with van der Waals surface area (Å²) in [4.78, 5) is 31.0. The van der Waals surface area contributed by atoms with Crippen LogP contribution in [0.3, 0.4) is 0 Å². The molecule has 1 aromatic heterocycles. The Hall–Kier alpha value is -2.98. The molecule has 1 aliphatic carbocycles. The van der Waals surface area contributed by atoms with Gasteiger partial charge in [0.05, 0.1) is 11.8 Å². The fourth-order valence-electron chi connectivity index (χ4n) is 5.61. The fourth-order valence-corrected chi connectivity index (χ4v) is 5.61. The quantitative estimate of drug-likeness (QED) is 0.531. The Morgan fingerprint density at radius 2 is 1.82 bits per heavy atom. The average molecular weight is 539 g/mol. The van der Waals surface area contributed by atoms with Crippen LogP contribution in [-0.2, 0) is 16.1 Å². The van der Waals surface area contributed by atoms with Crippen LogP contribution in [0.4, 0.5) is 0 Å². The zero-order valence-corrected chi connectivity index (χ0v) is 23.5. The number of hydrogen-bond donors (Lipinski definition) is 2. The van der Waals surface area contributed by atoms with E-state index in [-0.39, 0.29) is 30.9 Å². The Balaban J connectivity index is 1.21. The second-order valence-corrected chi connectivity index (χ2v) is 12.5. The van der Waals surface area contributed by atoms with Crippen molar-refractivity contribution in [2.24, 2.45) is 5.41 Å². The average Bonchev–Trinajstić information content (AvgIpc) is 3.50. The molecule has 10 heteroatoms. The van der Waals surface area contributed by atoms with Gasteiger partial charge in [0.1, 0.15) is 23.9 Å². The van der Waals surface area contributed by atoms with E-state index in [1.165, 1.54) is 4.90 Å². The van der Waals surface area contributed by atoms with Crippen LogP contribution in [0, 0.1) is 5.41 Å². The fraction of sp³-hybridized carbons (Fsp3) is 0.655. The van der Waals surface area contributed by atoms with Crippen LogP contribution in [0.5, 0.6) is 5.75 Å². The summed E-state index contributed by atoms with van der Waals surface area (Å²) in [5, 5.41) is 22.0. The van der Waals surface area contributed by atoms with E-state index in [0.29, 0.717) is 12.5 Å². The zero-order valence-electron chi connectivity index (χ0n) is 23.5. The van der Waals surface area contributed by atoms with Crippen LogP contribution in [0.15, 0.2) is 30.5 Å². The highest BCUT2D eigenvalue weighted by molar-refractivity contribution is 5.90. The lowest BCUT2D eigenvalue weighted by atomic mass is 9.85. The summed E-state index contributed by atoms with van der Waals surface area (Å²) < 4.78 is 7.77.